The number of urea groups is 1. The van der Waals surface area contributed by atoms with Crippen LogP contribution < -0.4 is 11.1 Å². The molecule has 0 bridgehead atoms. The van der Waals surface area contributed by atoms with Gasteiger partial charge in [-0.05, 0) is 18.1 Å². The smallest absolute Gasteiger partial charge is 0.338 e. The van der Waals surface area contributed by atoms with E-state index >= 15 is 0 Å². The summed E-state index contributed by atoms with van der Waals surface area (Å²) in [6.07, 6.45) is -4.00. The molecule has 1 aromatic rings. The average molecular weight is 287 g/mol. The van der Waals surface area contributed by atoms with Crippen LogP contribution in [0.4, 0.5) is 18.0 Å². The Balaban J connectivity index is 2.41. The van der Waals surface area contributed by atoms with Crippen molar-refractivity contribution < 1.29 is 18.0 Å². The fourth-order valence-corrected chi connectivity index (χ4v) is 2.48. The van der Waals surface area contributed by atoms with Crippen molar-refractivity contribution in [3.8, 4) is 0 Å². The molecular formula is C13H16F3N3O. The largest absolute Gasteiger partial charge is 0.416 e. The predicted molar refractivity (Wildman–Crippen MR) is 68.0 cm³/mol. The van der Waals surface area contributed by atoms with E-state index in [1.54, 1.807) is 6.07 Å². The number of carbonyl (C=O) groups excluding carboxylic acids is 1. The highest BCUT2D eigenvalue weighted by Crippen LogP contribution is 2.38. The van der Waals surface area contributed by atoms with Crippen LogP contribution >= 0.6 is 0 Å². The number of rotatable bonds is 3. The molecular weight excluding hydrogens is 271 g/mol. The zero-order chi connectivity index (χ0) is 14.8. The van der Waals surface area contributed by atoms with Crippen LogP contribution in [-0.2, 0) is 6.18 Å². The minimum Gasteiger partial charge on any atom is -0.338 e. The maximum atomic E-state index is 13.1. The van der Waals surface area contributed by atoms with Gasteiger partial charge in [-0.2, -0.15) is 13.2 Å². The molecule has 0 radical (unpaired) electrons. The molecule has 0 saturated carbocycles. The first kappa shape index (κ1) is 14.6. The number of amides is 2. The van der Waals surface area contributed by atoms with Gasteiger partial charge in [0.15, 0.2) is 0 Å². The van der Waals surface area contributed by atoms with E-state index in [0.29, 0.717) is 13.0 Å². The lowest BCUT2D eigenvalue weighted by Gasteiger charge is -2.37. The molecule has 1 aliphatic heterocycles. The summed E-state index contributed by atoms with van der Waals surface area (Å²) in [6.45, 7) is 0.789. The van der Waals surface area contributed by atoms with Crippen LogP contribution in [0.5, 0.6) is 0 Å². The molecule has 1 aromatic carbocycles. The van der Waals surface area contributed by atoms with Gasteiger partial charge in [0.2, 0.25) is 0 Å². The van der Waals surface area contributed by atoms with Crippen LogP contribution in [0.3, 0.4) is 0 Å². The topological polar surface area (TPSA) is 58.4 Å². The van der Waals surface area contributed by atoms with Crippen molar-refractivity contribution in [2.24, 2.45) is 5.73 Å². The van der Waals surface area contributed by atoms with E-state index < -0.39 is 17.8 Å². The van der Waals surface area contributed by atoms with Gasteiger partial charge < -0.3 is 16.0 Å². The molecule has 0 aliphatic carbocycles. The van der Waals surface area contributed by atoms with E-state index in [-0.39, 0.29) is 24.7 Å². The highest BCUT2D eigenvalue weighted by molar-refractivity contribution is 5.75. The molecule has 7 heteroatoms. The second-order valence-electron chi connectivity index (χ2n) is 4.60. The Hall–Kier alpha value is -1.76. The molecule has 2 amide bonds. The van der Waals surface area contributed by atoms with Gasteiger partial charge >= 0.3 is 12.2 Å². The standard InChI is InChI=1S/C13H16F3N3O/c14-13(15,16)10-4-2-1-3-9(10)11-5-7-18-12(20)19(11)8-6-17/h1-4,11H,5-8,17H2,(H,18,20). The Labute approximate surface area is 114 Å². The summed E-state index contributed by atoms with van der Waals surface area (Å²) in [6, 6.07) is 4.41. The second kappa shape index (κ2) is 5.70. The van der Waals surface area contributed by atoms with Crippen molar-refractivity contribution in [3.63, 3.8) is 0 Å². The molecule has 1 heterocycles. The monoisotopic (exact) mass is 287 g/mol. The number of hydrogen-bond acceptors (Lipinski definition) is 2. The second-order valence-corrected chi connectivity index (χ2v) is 4.60. The number of hydrogen-bond donors (Lipinski definition) is 2. The van der Waals surface area contributed by atoms with E-state index in [0.717, 1.165) is 6.07 Å². The lowest BCUT2D eigenvalue weighted by atomic mass is 9.95. The summed E-state index contributed by atoms with van der Waals surface area (Å²) < 4.78 is 39.2. The summed E-state index contributed by atoms with van der Waals surface area (Å²) in [5.74, 6) is 0. The molecule has 110 valence electrons. The van der Waals surface area contributed by atoms with Crippen molar-refractivity contribution in [2.75, 3.05) is 19.6 Å². The van der Waals surface area contributed by atoms with Crippen LogP contribution in [0.1, 0.15) is 23.6 Å². The molecule has 20 heavy (non-hydrogen) atoms. The SMILES string of the molecule is NCCN1C(=O)NCCC1c1ccccc1C(F)(F)F. The molecule has 0 spiro atoms. The van der Waals surface area contributed by atoms with Crippen LogP contribution in [0.15, 0.2) is 24.3 Å². The van der Waals surface area contributed by atoms with Crippen LogP contribution in [0.2, 0.25) is 0 Å². The Morgan fingerprint density at radius 3 is 2.70 bits per heavy atom. The predicted octanol–water partition coefficient (Wildman–Crippen LogP) is 2.12. The van der Waals surface area contributed by atoms with E-state index in [2.05, 4.69) is 5.32 Å². The zero-order valence-corrected chi connectivity index (χ0v) is 10.8. The average Bonchev–Trinajstić information content (AvgIpc) is 2.40. The third kappa shape index (κ3) is 2.87. The number of halogens is 3. The Morgan fingerprint density at radius 1 is 1.35 bits per heavy atom. The fourth-order valence-electron chi connectivity index (χ4n) is 2.48. The van der Waals surface area contributed by atoms with Crippen molar-refractivity contribution >= 4 is 6.03 Å². The van der Waals surface area contributed by atoms with Crippen molar-refractivity contribution in [3.05, 3.63) is 35.4 Å². The minimum atomic E-state index is -4.43. The minimum absolute atomic E-state index is 0.128. The third-order valence-electron chi connectivity index (χ3n) is 3.33. The maximum absolute atomic E-state index is 13.1. The number of nitrogens with one attached hydrogen (secondary N) is 1. The maximum Gasteiger partial charge on any atom is 0.416 e. The lowest BCUT2D eigenvalue weighted by molar-refractivity contribution is -0.138. The quantitative estimate of drug-likeness (QED) is 0.894. The molecule has 0 aromatic heterocycles. The van der Waals surface area contributed by atoms with Gasteiger partial charge in [0, 0.05) is 19.6 Å². The van der Waals surface area contributed by atoms with Crippen molar-refractivity contribution in [2.45, 2.75) is 18.6 Å². The normalized spacial score (nSPS) is 19.9. The van der Waals surface area contributed by atoms with E-state index in [9.17, 15) is 18.0 Å². The molecule has 3 N–H and O–H groups in total. The van der Waals surface area contributed by atoms with Crippen molar-refractivity contribution in [1.29, 1.82) is 0 Å². The fraction of sp³-hybridized carbons (Fsp3) is 0.462. The van der Waals surface area contributed by atoms with Gasteiger partial charge in [-0.3, -0.25) is 0 Å². The molecule has 1 unspecified atom stereocenters. The Kier molecular flexibility index (Phi) is 4.17. The highest BCUT2D eigenvalue weighted by atomic mass is 19.4. The van der Waals surface area contributed by atoms with Crippen LogP contribution in [0.25, 0.3) is 0 Å². The zero-order valence-electron chi connectivity index (χ0n) is 10.8. The molecule has 4 nitrogen and oxygen atoms in total. The van der Waals surface area contributed by atoms with E-state index in [4.69, 9.17) is 5.73 Å². The van der Waals surface area contributed by atoms with Crippen molar-refractivity contribution in [1.82, 2.24) is 10.2 Å². The number of carbonyl (C=O) groups is 1. The van der Waals surface area contributed by atoms with Gasteiger partial charge in [0.25, 0.3) is 0 Å². The summed E-state index contributed by atoms with van der Waals surface area (Å²) in [5, 5.41) is 2.63. The highest BCUT2D eigenvalue weighted by Gasteiger charge is 2.38. The van der Waals surface area contributed by atoms with Gasteiger partial charge in [-0.15, -0.1) is 0 Å². The summed E-state index contributed by atoms with van der Waals surface area (Å²) >= 11 is 0. The lowest BCUT2D eigenvalue weighted by Crippen LogP contribution is -2.50. The number of nitrogens with two attached hydrogens (primary N) is 1. The molecule has 2 rings (SSSR count). The van der Waals surface area contributed by atoms with Crippen LogP contribution in [-0.4, -0.2) is 30.6 Å². The summed E-state index contributed by atoms with van der Waals surface area (Å²) in [5.41, 5.74) is 4.88. The summed E-state index contributed by atoms with van der Waals surface area (Å²) in [4.78, 5) is 13.2. The number of benzene rings is 1. The molecule has 1 atom stereocenters. The first-order valence-corrected chi connectivity index (χ1v) is 6.36. The van der Waals surface area contributed by atoms with Gasteiger partial charge in [0.1, 0.15) is 0 Å². The first-order valence-electron chi connectivity index (χ1n) is 6.36. The third-order valence-corrected chi connectivity index (χ3v) is 3.33. The number of nitrogens with zero attached hydrogens (tertiary/aromatic N) is 1. The van der Waals surface area contributed by atoms with E-state index in [1.165, 1.54) is 17.0 Å². The van der Waals surface area contributed by atoms with Gasteiger partial charge in [-0.1, -0.05) is 18.2 Å². The first-order chi connectivity index (χ1) is 9.45. The van der Waals surface area contributed by atoms with Gasteiger partial charge in [0.05, 0.1) is 11.6 Å². The van der Waals surface area contributed by atoms with Crippen LogP contribution in [0, 0.1) is 0 Å². The molecule has 1 aliphatic rings. The van der Waals surface area contributed by atoms with Gasteiger partial charge in [-0.25, -0.2) is 4.79 Å². The molecule has 1 saturated heterocycles. The number of alkyl halides is 3. The van der Waals surface area contributed by atoms with E-state index in [1.807, 2.05) is 0 Å². The molecule has 1 fully saturated rings. The summed E-state index contributed by atoms with van der Waals surface area (Å²) in [7, 11) is 0. The Bertz CT molecular complexity index is 490. The Morgan fingerprint density at radius 2 is 2.05 bits per heavy atom.